The normalized spacial score (nSPS) is 19.2. The first-order valence-electron chi connectivity index (χ1n) is 4.37. The molecule has 2 N–H and O–H groups in total. The molecule has 1 rings (SSSR count). The molecule has 0 saturated carbocycles. The van der Waals surface area contributed by atoms with E-state index in [-0.39, 0.29) is 12.6 Å². The van der Waals surface area contributed by atoms with Crippen LogP contribution in [0.5, 0.6) is 0 Å². The highest BCUT2D eigenvalue weighted by molar-refractivity contribution is 5.73. The number of carboxylic acids is 1. The van der Waals surface area contributed by atoms with Crippen molar-refractivity contribution < 1.29 is 14.6 Å². The van der Waals surface area contributed by atoms with E-state index in [9.17, 15) is 4.79 Å². The van der Waals surface area contributed by atoms with E-state index in [0.29, 0.717) is 0 Å². The maximum Gasteiger partial charge on any atom is 0.323 e. The monoisotopic (exact) mass is 185 g/mol. The number of methoxy groups -OCH3 is 1. The molecule has 4 nitrogen and oxygen atoms in total. The van der Waals surface area contributed by atoms with Gasteiger partial charge in [-0.05, 0) is 12.8 Å². The summed E-state index contributed by atoms with van der Waals surface area (Å²) in [5.74, 6) is -0.853. The van der Waals surface area contributed by atoms with Crippen molar-refractivity contribution in [2.75, 3.05) is 13.7 Å². The van der Waals surface area contributed by atoms with E-state index in [2.05, 4.69) is 17.5 Å². The van der Waals surface area contributed by atoms with Crippen molar-refractivity contribution in [1.29, 1.82) is 0 Å². The van der Waals surface area contributed by atoms with Crippen molar-refractivity contribution in [3.8, 4) is 0 Å². The summed E-state index contributed by atoms with van der Waals surface area (Å²) in [4.78, 5) is 10.7. The summed E-state index contributed by atoms with van der Waals surface area (Å²) in [6.45, 7) is 0.214. The van der Waals surface area contributed by atoms with Gasteiger partial charge in [0.05, 0.1) is 6.61 Å². The summed E-state index contributed by atoms with van der Waals surface area (Å²) in [5, 5.41) is 11.8. The topological polar surface area (TPSA) is 58.6 Å². The van der Waals surface area contributed by atoms with Crippen LogP contribution in [0.2, 0.25) is 0 Å². The minimum Gasteiger partial charge on any atom is -0.480 e. The van der Waals surface area contributed by atoms with Gasteiger partial charge in [-0.1, -0.05) is 12.2 Å². The van der Waals surface area contributed by atoms with Crippen LogP contribution in [0.4, 0.5) is 0 Å². The van der Waals surface area contributed by atoms with Crippen molar-refractivity contribution in [2.45, 2.75) is 24.9 Å². The first-order valence-corrected chi connectivity index (χ1v) is 4.37. The third-order valence-corrected chi connectivity index (χ3v) is 2.08. The zero-order valence-corrected chi connectivity index (χ0v) is 7.69. The molecule has 0 aromatic heterocycles. The lowest BCUT2D eigenvalue weighted by molar-refractivity contribution is -0.141. The van der Waals surface area contributed by atoms with Crippen LogP contribution in [0.3, 0.4) is 0 Å². The van der Waals surface area contributed by atoms with Gasteiger partial charge in [0.1, 0.15) is 6.04 Å². The van der Waals surface area contributed by atoms with Gasteiger partial charge in [0.25, 0.3) is 0 Å². The Morgan fingerprint density at radius 3 is 2.77 bits per heavy atom. The first kappa shape index (κ1) is 10.2. The third kappa shape index (κ3) is 3.16. The summed E-state index contributed by atoms with van der Waals surface area (Å²) in [6, 6.07) is -0.328. The molecule has 74 valence electrons. The number of rotatable bonds is 5. The van der Waals surface area contributed by atoms with Gasteiger partial charge in [-0.2, -0.15) is 0 Å². The fraction of sp³-hybridized carbons (Fsp3) is 0.667. The number of carboxylic acid groups (broad SMARTS) is 1. The van der Waals surface area contributed by atoms with Crippen molar-refractivity contribution in [3.05, 3.63) is 12.2 Å². The Balaban J connectivity index is 2.33. The Bertz CT molecular complexity index is 195. The van der Waals surface area contributed by atoms with Gasteiger partial charge < -0.3 is 9.84 Å². The molecule has 1 atom stereocenters. The summed E-state index contributed by atoms with van der Waals surface area (Å²) >= 11 is 0. The van der Waals surface area contributed by atoms with E-state index in [4.69, 9.17) is 9.84 Å². The number of aliphatic carboxylic acids is 1. The molecule has 1 aliphatic rings. The number of hydrogen-bond donors (Lipinski definition) is 2. The predicted molar refractivity (Wildman–Crippen MR) is 48.6 cm³/mol. The number of hydrogen-bond acceptors (Lipinski definition) is 3. The SMILES string of the molecule is COCC(NC1CC=CC1)C(=O)O. The predicted octanol–water partition coefficient (Wildman–Crippen LogP) is 0.394. The molecule has 1 unspecified atom stereocenters. The molecule has 0 radical (unpaired) electrons. The average molecular weight is 185 g/mol. The third-order valence-electron chi connectivity index (χ3n) is 2.08. The van der Waals surface area contributed by atoms with Crippen LogP contribution in [0, 0.1) is 0 Å². The minimum absolute atomic E-state index is 0.214. The second-order valence-electron chi connectivity index (χ2n) is 3.15. The first-order chi connectivity index (χ1) is 6.24. The van der Waals surface area contributed by atoms with Crippen molar-refractivity contribution in [1.82, 2.24) is 5.32 Å². The second kappa shape index (κ2) is 4.99. The van der Waals surface area contributed by atoms with Gasteiger partial charge in [-0.25, -0.2) is 0 Å². The molecule has 0 aromatic rings. The van der Waals surface area contributed by atoms with Crippen LogP contribution in [0.25, 0.3) is 0 Å². The van der Waals surface area contributed by atoms with Gasteiger partial charge >= 0.3 is 5.97 Å². The molecule has 0 bridgehead atoms. The summed E-state index contributed by atoms with van der Waals surface area (Å²) < 4.78 is 4.81. The lowest BCUT2D eigenvalue weighted by Gasteiger charge is -2.18. The zero-order chi connectivity index (χ0) is 9.68. The van der Waals surface area contributed by atoms with Gasteiger partial charge in [0.15, 0.2) is 0 Å². The largest absolute Gasteiger partial charge is 0.480 e. The number of carbonyl (C=O) groups is 1. The van der Waals surface area contributed by atoms with Gasteiger partial charge in [-0.15, -0.1) is 0 Å². The number of nitrogens with one attached hydrogen (secondary N) is 1. The Kier molecular flexibility index (Phi) is 3.92. The highest BCUT2D eigenvalue weighted by Crippen LogP contribution is 2.09. The van der Waals surface area contributed by atoms with Crippen molar-refractivity contribution in [3.63, 3.8) is 0 Å². The quantitative estimate of drug-likeness (QED) is 0.608. The summed E-state index contributed by atoms with van der Waals surface area (Å²) in [7, 11) is 1.50. The minimum atomic E-state index is -0.853. The van der Waals surface area contributed by atoms with E-state index in [1.54, 1.807) is 0 Å². The van der Waals surface area contributed by atoms with Crippen LogP contribution in [0.15, 0.2) is 12.2 Å². The van der Waals surface area contributed by atoms with E-state index in [1.165, 1.54) is 7.11 Å². The van der Waals surface area contributed by atoms with Crippen LogP contribution in [0.1, 0.15) is 12.8 Å². The zero-order valence-electron chi connectivity index (χ0n) is 7.69. The van der Waals surface area contributed by atoms with Gasteiger partial charge in [-0.3, -0.25) is 10.1 Å². The highest BCUT2D eigenvalue weighted by Gasteiger charge is 2.21. The lowest BCUT2D eigenvalue weighted by Crippen LogP contribution is -2.45. The molecule has 0 saturated heterocycles. The van der Waals surface area contributed by atoms with Crippen molar-refractivity contribution >= 4 is 5.97 Å². The summed E-state index contributed by atoms with van der Waals surface area (Å²) in [5.41, 5.74) is 0. The van der Waals surface area contributed by atoms with Gasteiger partial charge in [0, 0.05) is 13.2 Å². The van der Waals surface area contributed by atoms with Crippen molar-refractivity contribution in [2.24, 2.45) is 0 Å². The molecule has 1 aliphatic carbocycles. The molecule has 0 aliphatic heterocycles. The molecular formula is C9H15NO3. The molecule has 0 heterocycles. The van der Waals surface area contributed by atoms with Crippen LogP contribution >= 0.6 is 0 Å². The van der Waals surface area contributed by atoms with Crippen LogP contribution in [-0.4, -0.2) is 36.9 Å². The maximum atomic E-state index is 10.7. The second-order valence-corrected chi connectivity index (χ2v) is 3.15. The molecule has 0 amide bonds. The Morgan fingerprint density at radius 2 is 2.31 bits per heavy atom. The summed E-state index contributed by atoms with van der Waals surface area (Å²) in [6.07, 6.45) is 5.94. The standard InChI is InChI=1S/C9H15NO3/c1-13-6-8(9(11)12)10-7-4-2-3-5-7/h2-3,7-8,10H,4-6H2,1H3,(H,11,12). The number of ether oxygens (including phenoxy) is 1. The van der Waals surface area contributed by atoms with E-state index < -0.39 is 12.0 Å². The fourth-order valence-corrected chi connectivity index (χ4v) is 1.40. The Labute approximate surface area is 77.6 Å². The maximum absolute atomic E-state index is 10.7. The molecule has 0 aromatic carbocycles. The molecule has 0 fully saturated rings. The molecular weight excluding hydrogens is 170 g/mol. The lowest BCUT2D eigenvalue weighted by atomic mass is 10.2. The van der Waals surface area contributed by atoms with Gasteiger partial charge in [0.2, 0.25) is 0 Å². The average Bonchev–Trinajstić information content (AvgIpc) is 2.56. The highest BCUT2D eigenvalue weighted by atomic mass is 16.5. The fourth-order valence-electron chi connectivity index (χ4n) is 1.40. The smallest absolute Gasteiger partial charge is 0.323 e. The van der Waals surface area contributed by atoms with E-state index in [0.717, 1.165) is 12.8 Å². The van der Waals surface area contributed by atoms with Crippen LogP contribution < -0.4 is 5.32 Å². The Morgan fingerprint density at radius 1 is 1.69 bits per heavy atom. The van der Waals surface area contributed by atoms with Crippen LogP contribution in [-0.2, 0) is 9.53 Å². The molecule has 0 spiro atoms. The molecule has 4 heteroatoms. The van der Waals surface area contributed by atoms with E-state index in [1.807, 2.05) is 0 Å². The Hall–Kier alpha value is -0.870. The van der Waals surface area contributed by atoms with E-state index >= 15 is 0 Å². The molecule has 13 heavy (non-hydrogen) atoms.